The van der Waals surface area contributed by atoms with Crippen molar-refractivity contribution in [3.63, 3.8) is 0 Å². The maximum Gasteiger partial charge on any atom is 0.264 e. The molecule has 4 rings (SSSR count). The van der Waals surface area contributed by atoms with Crippen molar-refractivity contribution in [2.24, 2.45) is 0 Å². The van der Waals surface area contributed by atoms with Crippen LogP contribution in [0, 0.1) is 0 Å². The van der Waals surface area contributed by atoms with Gasteiger partial charge in [-0.3, -0.25) is 18.9 Å². The third-order valence-electron chi connectivity index (χ3n) is 5.37. The summed E-state index contributed by atoms with van der Waals surface area (Å²) in [5.41, 5.74) is 2.35. The fraction of sp³-hybridized carbons (Fsp3) is 0.208. The quantitative estimate of drug-likeness (QED) is 0.522. The third-order valence-corrected chi connectivity index (χ3v) is 7.18. The van der Waals surface area contributed by atoms with E-state index in [0.717, 1.165) is 18.4 Å². The minimum Gasteiger partial charge on any atom is -0.350 e. The molecule has 3 aromatic rings. The van der Waals surface area contributed by atoms with Gasteiger partial charge in [-0.1, -0.05) is 24.3 Å². The molecule has 0 saturated heterocycles. The summed E-state index contributed by atoms with van der Waals surface area (Å²) in [5, 5.41) is 5.40. The fourth-order valence-electron chi connectivity index (χ4n) is 3.73. The van der Waals surface area contributed by atoms with Crippen molar-refractivity contribution in [3.05, 3.63) is 89.7 Å². The van der Waals surface area contributed by atoms with Gasteiger partial charge in [-0.15, -0.1) is 0 Å². The molecule has 2 heterocycles. The number of fused-ring (bicyclic) bond motifs is 1. The van der Waals surface area contributed by atoms with Crippen LogP contribution in [-0.2, 0) is 16.4 Å². The first-order chi connectivity index (χ1) is 16.0. The van der Waals surface area contributed by atoms with Crippen LogP contribution in [0.2, 0.25) is 0 Å². The predicted octanol–water partition coefficient (Wildman–Crippen LogP) is 2.38. The second-order valence-electron chi connectivity index (χ2n) is 7.59. The molecular formula is C24H24N4O4S. The summed E-state index contributed by atoms with van der Waals surface area (Å²) in [6.07, 6.45) is 4.61. The average Bonchev–Trinajstić information content (AvgIpc) is 2.86. The lowest BCUT2D eigenvalue weighted by Gasteiger charge is -2.30. The third kappa shape index (κ3) is 5.04. The number of nitrogens with zero attached hydrogens (tertiary/aromatic N) is 2. The highest BCUT2D eigenvalue weighted by Crippen LogP contribution is 2.31. The monoisotopic (exact) mass is 464 g/mol. The standard InChI is InChI=1S/C24H24N4O4S/c29-23(26-13-14-27-24(30)20-8-4-12-25-17-20)19-7-3-10-21(16-19)33(31,32)28-15-5-9-18-6-1-2-11-22(18)28/h1-4,6-8,10-12,16-17H,5,9,13-15H2,(H,26,29)(H,27,30). The van der Waals surface area contributed by atoms with Gasteiger partial charge in [0.15, 0.2) is 0 Å². The van der Waals surface area contributed by atoms with Gasteiger partial charge in [-0.25, -0.2) is 8.42 Å². The highest BCUT2D eigenvalue weighted by atomic mass is 32.2. The van der Waals surface area contributed by atoms with Crippen molar-refractivity contribution in [1.29, 1.82) is 0 Å². The Kier molecular flexibility index (Phi) is 6.69. The summed E-state index contributed by atoms with van der Waals surface area (Å²) in [4.78, 5) is 28.5. The summed E-state index contributed by atoms with van der Waals surface area (Å²) >= 11 is 0. The molecule has 0 spiro atoms. The van der Waals surface area contributed by atoms with Gasteiger partial charge in [0.2, 0.25) is 0 Å². The van der Waals surface area contributed by atoms with Gasteiger partial charge in [-0.2, -0.15) is 0 Å². The van der Waals surface area contributed by atoms with E-state index in [4.69, 9.17) is 0 Å². The molecule has 33 heavy (non-hydrogen) atoms. The van der Waals surface area contributed by atoms with E-state index in [2.05, 4.69) is 15.6 Å². The van der Waals surface area contributed by atoms with E-state index < -0.39 is 15.9 Å². The van der Waals surface area contributed by atoms with E-state index >= 15 is 0 Å². The Morgan fingerprint density at radius 1 is 0.909 bits per heavy atom. The Hall–Kier alpha value is -3.72. The van der Waals surface area contributed by atoms with Crippen LogP contribution in [0.25, 0.3) is 0 Å². The lowest BCUT2D eigenvalue weighted by molar-refractivity contribution is 0.0927. The molecule has 2 aromatic carbocycles. The number of rotatable bonds is 7. The van der Waals surface area contributed by atoms with Gasteiger partial charge in [0.25, 0.3) is 21.8 Å². The predicted molar refractivity (Wildman–Crippen MR) is 125 cm³/mol. The molecular weight excluding hydrogens is 440 g/mol. The lowest BCUT2D eigenvalue weighted by Crippen LogP contribution is -2.36. The van der Waals surface area contributed by atoms with Crippen LogP contribution in [0.3, 0.4) is 0 Å². The SMILES string of the molecule is O=C(NCCNC(=O)c1cccc(S(=O)(=O)N2CCCc3ccccc32)c1)c1cccnc1. The number of hydrogen-bond donors (Lipinski definition) is 2. The van der Waals surface area contributed by atoms with Crippen molar-refractivity contribution in [2.45, 2.75) is 17.7 Å². The number of para-hydroxylation sites is 1. The highest BCUT2D eigenvalue weighted by molar-refractivity contribution is 7.92. The van der Waals surface area contributed by atoms with Crippen LogP contribution in [0.1, 0.15) is 32.7 Å². The number of carbonyl (C=O) groups is 2. The zero-order valence-electron chi connectivity index (χ0n) is 17.9. The van der Waals surface area contributed by atoms with Gasteiger partial charge in [-0.05, 0) is 54.8 Å². The second-order valence-corrected chi connectivity index (χ2v) is 9.45. The molecule has 9 heteroatoms. The van der Waals surface area contributed by atoms with E-state index in [0.29, 0.717) is 17.8 Å². The van der Waals surface area contributed by atoms with Crippen LogP contribution < -0.4 is 14.9 Å². The van der Waals surface area contributed by atoms with Crippen molar-refractivity contribution < 1.29 is 18.0 Å². The van der Waals surface area contributed by atoms with Crippen LogP contribution >= 0.6 is 0 Å². The molecule has 0 saturated carbocycles. The number of nitrogens with one attached hydrogen (secondary N) is 2. The van der Waals surface area contributed by atoms with E-state index in [1.165, 1.54) is 22.6 Å². The summed E-state index contributed by atoms with van der Waals surface area (Å²) < 4.78 is 28.1. The summed E-state index contributed by atoms with van der Waals surface area (Å²) in [6.45, 7) is 0.815. The molecule has 1 aromatic heterocycles. The molecule has 8 nitrogen and oxygen atoms in total. The Morgan fingerprint density at radius 2 is 1.64 bits per heavy atom. The smallest absolute Gasteiger partial charge is 0.264 e. The van der Waals surface area contributed by atoms with Gasteiger partial charge in [0.1, 0.15) is 0 Å². The number of hydrogen-bond acceptors (Lipinski definition) is 5. The minimum atomic E-state index is -3.81. The zero-order valence-corrected chi connectivity index (χ0v) is 18.7. The Morgan fingerprint density at radius 3 is 2.39 bits per heavy atom. The van der Waals surface area contributed by atoms with E-state index in [-0.39, 0.29) is 29.5 Å². The number of sulfonamides is 1. The maximum absolute atomic E-state index is 13.3. The number of pyridine rings is 1. The molecule has 1 aliphatic rings. The molecule has 2 amide bonds. The Bertz CT molecular complexity index is 1260. The van der Waals surface area contributed by atoms with E-state index in [1.807, 2.05) is 24.3 Å². The number of amides is 2. The van der Waals surface area contributed by atoms with Crippen LogP contribution in [0.5, 0.6) is 0 Å². The van der Waals surface area contributed by atoms with Gasteiger partial charge >= 0.3 is 0 Å². The first-order valence-corrected chi connectivity index (χ1v) is 12.1. The topological polar surface area (TPSA) is 108 Å². The van der Waals surface area contributed by atoms with Gasteiger partial charge in [0, 0.05) is 37.6 Å². The molecule has 0 radical (unpaired) electrons. The van der Waals surface area contributed by atoms with Crippen LogP contribution in [0.15, 0.2) is 78.0 Å². The Labute approximate surface area is 192 Å². The van der Waals surface area contributed by atoms with Gasteiger partial charge in [0.05, 0.1) is 16.1 Å². The normalized spacial score (nSPS) is 13.2. The molecule has 0 aliphatic carbocycles. The first kappa shape index (κ1) is 22.5. The van der Waals surface area contributed by atoms with Crippen LogP contribution in [0.4, 0.5) is 5.69 Å². The number of aryl methyl sites for hydroxylation is 1. The molecule has 1 aliphatic heterocycles. The number of aromatic nitrogens is 1. The number of benzene rings is 2. The van der Waals surface area contributed by atoms with Crippen LogP contribution in [-0.4, -0.2) is 44.9 Å². The average molecular weight is 465 g/mol. The summed E-state index contributed by atoms with van der Waals surface area (Å²) in [5.74, 6) is -0.700. The van der Waals surface area contributed by atoms with Crippen molar-refractivity contribution in [2.75, 3.05) is 23.9 Å². The van der Waals surface area contributed by atoms with E-state index in [1.54, 1.807) is 30.5 Å². The molecule has 2 N–H and O–H groups in total. The first-order valence-electron chi connectivity index (χ1n) is 10.6. The maximum atomic E-state index is 13.3. The van der Waals surface area contributed by atoms with Crippen molar-refractivity contribution in [1.82, 2.24) is 15.6 Å². The van der Waals surface area contributed by atoms with Crippen molar-refractivity contribution >= 4 is 27.5 Å². The molecule has 0 bridgehead atoms. The van der Waals surface area contributed by atoms with Gasteiger partial charge < -0.3 is 10.6 Å². The fourth-order valence-corrected chi connectivity index (χ4v) is 5.31. The highest BCUT2D eigenvalue weighted by Gasteiger charge is 2.29. The molecule has 0 unspecified atom stereocenters. The lowest BCUT2D eigenvalue weighted by atomic mass is 10.0. The number of carbonyl (C=O) groups excluding carboxylic acids is 2. The molecule has 0 fully saturated rings. The molecule has 170 valence electrons. The van der Waals surface area contributed by atoms with E-state index in [9.17, 15) is 18.0 Å². The second kappa shape index (κ2) is 9.83. The number of anilines is 1. The Balaban J connectivity index is 1.40. The largest absolute Gasteiger partial charge is 0.350 e. The zero-order chi connectivity index (χ0) is 23.3. The summed E-state index contributed by atoms with van der Waals surface area (Å²) in [6, 6.07) is 16.8. The van der Waals surface area contributed by atoms with Crippen molar-refractivity contribution in [3.8, 4) is 0 Å². The molecule has 0 atom stereocenters. The minimum absolute atomic E-state index is 0.0664. The summed E-state index contributed by atoms with van der Waals surface area (Å²) in [7, 11) is -3.81.